The van der Waals surface area contributed by atoms with Gasteiger partial charge in [0, 0.05) is 5.75 Å². The molecule has 0 rings (SSSR count). The predicted molar refractivity (Wildman–Crippen MR) is 61.7 cm³/mol. The molecule has 1 unspecified atom stereocenters. The molecular formula is C10H21NO2S. The molecule has 1 atom stereocenters. The summed E-state index contributed by atoms with van der Waals surface area (Å²) in [6.07, 6.45) is 2.18. The monoisotopic (exact) mass is 219 g/mol. The van der Waals surface area contributed by atoms with Crippen LogP contribution < -0.4 is 5.32 Å². The summed E-state index contributed by atoms with van der Waals surface area (Å²) < 4.78 is 4.73. The van der Waals surface area contributed by atoms with E-state index < -0.39 is 0 Å². The second-order valence-corrected chi connectivity index (χ2v) is 4.25. The van der Waals surface area contributed by atoms with Crippen molar-refractivity contribution in [1.82, 2.24) is 5.32 Å². The van der Waals surface area contributed by atoms with Gasteiger partial charge in [0.1, 0.15) is 6.04 Å². The van der Waals surface area contributed by atoms with Crippen LogP contribution in [0, 0.1) is 0 Å². The average Bonchev–Trinajstić information content (AvgIpc) is 2.22. The summed E-state index contributed by atoms with van der Waals surface area (Å²) >= 11 is 1.79. The van der Waals surface area contributed by atoms with Crippen LogP contribution in [0.5, 0.6) is 0 Å². The van der Waals surface area contributed by atoms with Crippen LogP contribution in [0.25, 0.3) is 0 Å². The second-order valence-electron chi connectivity index (χ2n) is 3.10. The van der Waals surface area contributed by atoms with Crippen LogP contribution in [0.2, 0.25) is 0 Å². The fourth-order valence-corrected chi connectivity index (χ4v) is 1.96. The Morgan fingerprint density at radius 2 is 2.14 bits per heavy atom. The van der Waals surface area contributed by atoms with E-state index in [4.69, 9.17) is 4.74 Å². The third-order valence-corrected chi connectivity index (χ3v) is 3.03. The fourth-order valence-electron chi connectivity index (χ4n) is 1.02. The Hall–Kier alpha value is -0.220. The van der Waals surface area contributed by atoms with Crippen LogP contribution in [-0.4, -0.2) is 37.2 Å². The van der Waals surface area contributed by atoms with E-state index in [0.717, 1.165) is 30.9 Å². The normalized spacial score (nSPS) is 12.5. The standard InChI is InChI=1S/C10H21NO2S/c1-4-6-11-9(10(12)13-3)8-14-7-5-2/h9,11H,4-8H2,1-3H3. The van der Waals surface area contributed by atoms with Crippen LogP contribution in [0.4, 0.5) is 0 Å². The minimum atomic E-state index is -0.151. The Kier molecular flexibility index (Phi) is 9.19. The number of hydrogen-bond donors (Lipinski definition) is 1. The third-order valence-electron chi connectivity index (χ3n) is 1.76. The number of hydrogen-bond acceptors (Lipinski definition) is 4. The second kappa shape index (κ2) is 9.34. The fraction of sp³-hybridized carbons (Fsp3) is 0.900. The Labute approximate surface area is 91.0 Å². The molecule has 0 aromatic carbocycles. The third kappa shape index (κ3) is 6.27. The first-order chi connectivity index (χ1) is 6.76. The van der Waals surface area contributed by atoms with Gasteiger partial charge in [0.05, 0.1) is 7.11 Å². The van der Waals surface area contributed by atoms with Gasteiger partial charge in [0.15, 0.2) is 0 Å². The van der Waals surface area contributed by atoms with Gasteiger partial charge in [-0.05, 0) is 25.1 Å². The van der Waals surface area contributed by atoms with Crippen molar-refractivity contribution in [2.75, 3.05) is 25.2 Å². The molecule has 0 spiro atoms. The maximum Gasteiger partial charge on any atom is 0.323 e. The highest BCUT2D eigenvalue weighted by Crippen LogP contribution is 2.05. The summed E-state index contributed by atoms with van der Waals surface area (Å²) in [6, 6.07) is -0.142. The number of nitrogens with one attached hydrogen (secondary N) is 1. The number of carbonyl (C=O) groups excluding carboxylic acids is 1. The van der Waals surface area contributed by atoms with Crippen LogP contribution in [0.3, 0.4) is 0 Å². The molecule has 0 bridgehead atoms. The SMILES string of the molecule is CCCNC(CSCCC)C(=O)OC. The van der Waals surface area contributed by atoms with Crippen molar-refractivity contribution in [3.63, 3.8) is 0 Å². The van der Waals surface area contributed by atoms with E-state index in [0.29, 0.717) is 0 Å². The van der Waals surface area contributed by atoms with Crippen molar-refractivity contribution in [3.05, 3.63) is 0 Å². The summed E-state index contributed by atoms with van der Waals surface area (Å²) in [7, 11) is 1.44. The molecule has 0 heterocycles. The molecule has 0 aliphatic carbocycles. The molecule has 0 aromatic rings. The number of rotatable bonds is 8. The smallest absolute Gasteiger partial charge is 0.323 e. The molecule has 4 heteroatoms. The molecular weight excluding hydrogens is 198 g/mol. The quantitative estimate of drug-likeness (QED) is 0.498. The van der Waals surface area contributed by atoms with Gasteiger partial charge in [-0.25, -0.2) is 0 Å². The van der Waals surface area contributed by atoms with Gasteiger partial charge in [-0.15, -0.1) is 0 Å². The summed E-state index contributed by atoms with van der Waals surface area (Å²) in [6.45, 7) is 5.09. The molecule has 3 nitrogen and oxygen atoms in total. The van der Waals surface area contributed by atoms with Crippen molar-refractivity contribution >= 4 is 17.7 Å². The predicted octanol–water partition coefficient (Wildman–Crippen LogP) is 1.67. The molecule has 0 saturated heterocycles. The minimum absolute atomic E-state index is 0.142. The van der Waals surface area contributed by atoms with Crippen molar-refractivity contribution in [2.45, 2.75) is 32.7 Å². The van der Waals surface area contributed by atoms with E-state index in [9.17, 15) is 4.79 Å². The molecule has 0 fully saturated rings. The van der Waals surface area contributed by atoms with Gasteiger partial charge in [0.25, 0.3) is 0 Å². The first-order valence-corrected chi connectivity index (χ1v) is 6.30. The zero-order valence-electron chi connectivity index (χ0n) is 9.34. The minimum Gasteiger partial charge on any atom is -0.468 e. The van der Waals surface area contributed by atoms with Gasteiger partial charge in [-0.2, -0.15) is 11.8 Å². The van der Waals surface area contributed by atoms with Gasteiger partial charge in [-0.3, -0.25) is 4.79 Å². The maximum atomic E-state index is 11.3. The van der Waals surface area contributed by atoms with Crippen LogP contribution in [-0.2, 0) is 9.53 Å². The molecule has 14 heavy (non-hydrogen) atoms. The molecule has 1 N–H and O–H groups in total. The van der Waals surface area contributed by atoms with Crippen molar-refractivity contribution in [3.8, 4) is 0 Å². The lowest BCUT2D eigenvalue weighted by Crippen LogP contribution is -2.40. The van der Waals surface area contributed by atoms with E-state index >= 15 is 0 Å². The highest BCUT2D eigenvalue weighted by molar-refractivity contribution is 7.99. The lowest BCUT2D eigenvalue weighted by atomic mass is 10.3. The first kappa shape index (κ1) is 13.8. The Morgan fingerprint density at radius 1 is 1.43 bits per heavy atom. The van der Waals surface area contributed by atoms with Crippen molar-refractivity contribution in [1.29, 1.82) is 0 Å². The lowest BCUT2D eigenvalue weighted by molar-refractivity contribution is -0.142. The first-order valence-electron chi connectivity index (χ1n) is 5.15. The van der Waals surface area contributed by atoms with Gasteiger partial charge in [-0.1, -0.05) is 13.8 Å². The molecule has 0 radical (unpaired) electrons. The molecule has 0 amide bonds. The highest BCUT2D eigenvalue weighted by atomic mass is 32.2. The summed E-state index contributed by atoms with van der Waals surface area (Å²) in [4.78, 5) is 11.3. The largest absolute Gasteiger partial charge is 0.468 e. The Bertz CT molecular complexity index is 153. The highest BCUT2D eigenvalue weighted by Gasteiger charge is 2.17. The van der Waals surface area contributed by atoms with Crippen LogP contribution >= 0.6 is 11.8 Å². The summed E-state index contributed by atoms with van der Waals surface area (Å²) in [5.41, 5.74) is 0. The van der Waals surface area contributed by atoms with E-state index in [1.54, 1.807) is 11.8 Å². The average molecular weight is 219 g/mol. The summed E-state index contributed by atoms with van der Waals surface area (Å²) in [5, 5.41) is 3.18. The number of esters is 1. The Balaban J connectivity index is 3.78. The maximum absolute atomic E-state index is 11.3. The molecule has 0 saturated carbocycles. The molecule has 0 aliphatic rings. The van der Waals surface area contributed by atoms with E-state index in [-0.39, 0.29) is 12.0 Å². The zero-order chi connectivity index (χ0) is 10.8. The van der Waals surface area contributed by atoms with Crippen molar-refractivity contribution < 1.29 is 9.53 Å². The number of carbonyl (C=O) groups is 1. The van der Waals surface area contributed by atoms with Crippen molar-refractivity contribution in [2.24, 2.45) is 0 Å². The van der Waals surface area contributed by atoms with Crippen LogP contribution in [0.15, 0.2) is 0 Å². The Morgan fingerprint density at radius 3 is 2.64 bits per heavy atom. The number of thioether (sulfide) groups is 1. The van der Waals surface area contributed by atoms with Gasteiger partial charge < -0.3 is 10.1 Å². The number of methoxy groups -OCH3 is 1. The van der Waals surface area contributed by atoms with E-state index in [2.05, 4.69) is 19.2 Å². The van der Waals surface area contributed by atoms with Gasteiger partial charge >= 0.3 is 5.97 Å². The molecule has 0 aliphatic heterocycles. The molecule has 84 valence electrons. The lowest BCUT2D eigenvalue weighted by Gasteiger charge is -2.15. The topological polar surface area (TPSA) is 38.3 Å². The zero-order valence-corrected chi connectivity index (χ0v) is 10.2. The van der Waals surface area contributed by atoms with Gasteiger partial charge in [0.2, 0.25) is 0 Å². The van der Waals surface area contributed by atoms with Crippen LogP contribution in [0.1, 0.15) is 26.7 Å². The molecule has 0 aromatic heterocycles. The van der Waals surface area contributed by atoms with E-state index in [1.807, 2.05) is 0 Å². The van der Waals surface area contributed by atoms with E-state index in [1.165, 1.54) is 7.11 Å². The summed E-state index contributed by atoms with van der Waals surface area (Å²) in [5.74, 6) is 1.75. The number of ether oxygens (including phenoxy) is 1.